The smallest absolute Gasteiger partial charge is 0.207 e. The molecule has 0 unspecified atom stereocenters. The molecule has 0 N–H and O–H groups in total. The van der Waals surface area contributed by atoms with Gasteiger partial charge in [-0.15, -0.1) is 5.10 Å². The van der Waals surface area contributed by atoms with Gasteiger partial charge in [0.05, 0.1) is 6.20 Å². The van der Waals surface area contributed by atoms with E-state index in [2.05, 4.69) is 9.59 Å². The first kappa shape index (κ1) is 7.57. The van der Waals surface area contributed by atoms with Crippen LogP contribution in [0.3, 0.4) is 0 Å². The molecule has 0 aliphatic heterocycles. The van der Waals surface area contributed by atoms with Crippen LogP contribution in [-0.2, 0) is 0 Å². The second-order valence-electron chi connectivity index (χ2n) is 2.12. The van der Waals surface area contributed by atoms with Crippen molar-refractivity contribution >= 4 is 28.7 Å². The largest absolute Gasteiger partial charge is 0.288 e. The zero-order valence-corrected chi connectivity index (χ0v) is 7.56. The van der Waals surface area contributed by atoms with E-state index in [-0.39, 0.29) is 5.78 Å². The Balaban J connectivity index is 2.34. The molecule has 0 saturated carbocycles. The fourth-order valence-corrected chi connectivity index (χ4v) is 1.92. The highest BCUT2D eigenvalue weighted by molar-refractivity contribution is 7.09. The second-order valence-corrected chi connectivity index (χ2v) is 3.69. The van der Waals surface area contributed by atoms with Crippen molar-refractivity contribution < 1.29 is 4.79 Å². The van der Waals surface area contributed by atoms with E-state index in [9.17, 15) is 4.79 Å². The fourth-order valence-electron chi connectivity index (χ4n) is 0.803. The van der Waals surface area contributed by atoms with Crippen molar-refractivity contribution in [2.75, 3.05) is 0 Å². The molecule has 60 valence electrons. The van der Waals surface area contributed by atoms with Crippen molar-refractivity contribution in [2.45, 2.75) is 0 Å². The Morgan fingerprint density at radius 3 is 3.00 bits per heavy atom. The number of hydrogen-bond donors (Lipinski definition) is 0. The summed E-state index contributed by atoms with van der Waals surface area (Å²) in [6.45, 7) is 0. The van der Waals surface area contributed by atoms with Gasteiger partial charge in [0.2, 0.25) is 5.78 Å². The number of ketones is 1. The van der Waals surface area contributed by atoms with Crippen LogP contribution in [0.15, 0.2) is 23.0 Å². The predicted molar refractivity (Wildman–Crippen MR) is 47.7 cm³/mol. The molecule has 3 nitrogen and oxygen atoms in total. The van der Waals surface area contributed by atoms with Crippen molar-refractivity contribution in [1.29, 1.82) is 0 Å². The van der Waals surface area contributed by atoms with Crippen LogP contribution in [0, 0.1) is 0 Å². The highest BCUT2D eigenvalue weighted by Crippen LogP contribution is 2.13. The molecular weight excluding hydrogens is 192 g/mol. The fraction of sp³-hybridized carbons (Fsp3) is 0. The molecular formula is C7H4N2OS2. The third-order valence-electron chi connectivity index (χ3n) is 1.37. The SMILES string of the molecule is O=C(c1ccsc1)c1cnns1. The van der Waals surface area contributed by atoms with E-state index in [0.717, 1.165) is 11.5 Å². The Bertz CT molecular complexity index is 330. The summed E-state index contributed by atoms with van der Waals surface area (Å²) >= 11 is 2.63. The average molecular weight is 196 g/mol. The quantitative estimate of drug-likeness (QED) is 0.688. The maximum Gasteiger partial charge on any atom is 0.207 e. The number of thiophene rings is 1. The summed E-state index contributed by atoms with van der Waals surface area (Å²) in [6.07, 6.45) is 1.49. The number of carbonyl (C=O) groups excluding carboxylic acids is 1. The number of hydrogen-bond acceptors (Lipinski definition) is 5. The maximum atomic E-state index is 11.5. The van der Waals surface area contributed by atoms with Gasteiger partial charge in [-0.2, -0.15) is 11.3 Å². The molecule has 0 bridgehead atoms. The van der Waals surface area contributed by atoms with E-state index in [1.165, 1.54) is 17.5 Å². The van der Waals surface area contributed by atoms with Gasteiger partial charge < -0.3 is 0 Å². The zero-order chi connectivity index (χ0) is 8.39. The summed E-state index contributed by atoms with van der Waals surface area (Å²) in [5.41, 5.74) is 0.714. The topological polar surface area (TPSA) is 42.9 Å². The molecule has 2 rings (SSSR count). The molecule has 0 aliphatic carbocycles. The van der Waals surface area contributed by atoms with Crippen LogP contribution in [0.2, 0.25) is 0 Å². The minimum Gasteiger partial charge on any atom is -0.288 e. The van der Waals surface area contributed by atoms with E-state index >= 15 is 0 Å². The van der Waals surface area contributed by atoms with Gasteiger partial charge in [0.1, 0.15) is 4.88 Å². The van der Waals surface area contributed by atoms with Crippen molar-refractivity contribution in [3.63, 3.8) is 0 Å². The standard InChI is InChI=1S/C7H4N2OS2/c10-7(5-1-2-11-4-5)6-3-8-9-12-6/h1-4H. The molecule has 0 spiro atoms. The number of rotatable bonds is 2. The van der Waals surface area contributed by atoms with E-state index in [0.29, 0.717) is 10.4 Å². The molecule has 0 amide bonds. The molecule has 0 fully saturated rings. The first-order chi connectivity index (χ1) is 5.88. The first-order valence-corrected chi connectivity index (χ1v) is 4.94. The monoisotopic (exact) mass is 196 g/mol. The van der Waals surface area contributed by atoms with E-state index < -0.39 is 0 Å². The number of nitrogens with zero attached hydrogens (tertiary/aromatic N) is 2. The Kier molecular flexibility index (Phi) is 1.97. The van der Waals surface area contributed by atoms with Gasteiger partial charge in [-0.25, -0.2) is 0 Å². The number of aromatic nitrogens is 2. The molecule has 0 saturated heterocycles. The Hall–Kier alpha value is -1.07. The molecule has 2 heterocycles. The van der Waals surface area contributed by atoms with Gasteiger partial charge in [0.15, 0.2) is 0 Å². The summed E-state index contributed by atoms with van der Waals surface area (Å²) < 4.78 is 3.63. The average Bonchev–Trinajstić information content (AvgIpc) is 2.77. The zero-order valence-electron chi connectivity index (χ0n) is 5.93. The predicted octanol–water partition coefficient (Wildman–Crippen LogP) is 1.83. The second kappa shape index (κ2) is 3.12. The Labute approximate surface area is 76.8 Å². The third-order valence-corrected chi connectivity index (χ3v) is 2.72. The van der Waals surface area contributed by atoms with Crippen molar-refractivity contribution in [3.8, 4) is 0 Å². The Morgan fingerprint density at radius 1 is 1.50 bits per heavy atom. The molecule has 2 aromatic heterocycles. The minimum atomic E-state index is 0.00579. The summed E-state index contributed by atoms with van der Waals surface area (Å²) in [6, 6.07) is 1.80. The van der Waals surface area contributed by atoms with Crippen LogP contribution in [0.25, 0.3) is 0 Å². The van der Waals surface area contributed by atoms with Crippen LogP contribution < -0.4 is 0 Å². The van der Waals surface area contributed by atoms with Gasteiger partial charge >= 0.3 is 0 Å². The molecule has 0 aromatic carbocycles. The van der Waals surface area contributed by atoms with E-state index in [1.54, 1.807) is 6.07 Å². The van der Waals surface area contributed by atoms with Crippen molar-refractivity contribution in [3.05, 3.63) is 33.5 Å². The lowest BCUT2D eigenvalue weighted by Gasteiger charge is -1.88. The maximum absolute atomic E-state index is 11.5. The lowest BCUT2D eigenvalue weighted by molar-refractivity contribution is 0.104. The lowest BCUT2D eigenvalue weighted by Crippen LogP contribution is -1.95. The van der Waals surface area contributed by atoms with Crippen LogP contribution in [0.5, 0.6) is 0 Å². The molecule has 0 radical (unpaired) electrons. The third kappa shape index (κ3) is 1.28. The summed E-state index contributed by atoms with van der Waals surface area (Å²) in [5.74, 6) is 0.00579. The summed E-state index contributed by atoms with van der Waals surface area (Å²) in [7, 11) is 0. The molecule has 12 heavy (non-hydrogen) atoms. The minimum absolute atomic E-state index is 0.00579. The molecule has 0 aliphatic rings. The van der Waals surface area contributed by atoms with Crippen molar-refractivity contribution in [1.82, 2.24) is 9.59 Å². The van der Waals surface area contributed by atoms with E-state index in [1.807, 2.05) is 10.8 Å². The van der Waals surface area contributed by atoms with Gasteiger partial charge in [-0.3, -0.25) is 4.79 Å². The summed E-state index contributed by atoms with van der Waals surface area (Å²) in [4.78, 5) is 12.1. The van der Waals surface area contributed by atoms with Gasteiger partial charge in [0, 0.05) is 10.9 Å². The van der Waals surface area contributed by atoms with Crippen LogP contribution in [0.1, 0.15) is 15.2 Å². The molecule has 0 atom stereocenters. The highest BCUT2D eigenvalue weighted by atomic mass is 32.1. The van der Waals surface area contributed by atoms with Gasteiger partial charge in [-0.05, 0) is 23.0 Å². The molecule has 2 aromatic rings. The Morgan fingerprint density at radius 2 is 2.42 bits per heavy atom. The summed E-state index contributed by atoms with van der Waals surface area (Å²) in [5, 5.41) is 7.30. The van der Waals surface area contributed by atoms with Crippen LogP contribution in [-0.4, -0.2) is 15.4 Å². The number of carbonyl (C=O) groups is 1. The van der Waals surface area contributed by atoms with E-state index in [4.69, 9.17) is 0 Å². The highest BCUT2D eigenvalue weighted by Gasteiger charge is 2.10. The van der Waals surface area contributed by atoms with Gasteiger partial charge in [0.25, 0.3) is 0 Å². The first-order valence-electron chi connectivity index (χ1n) is 3.22. The lowest BCUT2D eigenvalue weighted by atomic mass is 10.2. The van der Waals surface area contributed by atoms with Crippen molar-refractivity contribution in [2.24, 2.45) is 0 Å². The van der Waals surface area contributed by atoms with Crippen LogP contribution >= 0.6 is 22.9 Å². The normalized spacial score (nSPS) is 10.0. The van der Waals surface area contributed by atoms with Gasteiger partial charge in [-0.1, -0.05) is 4.49 Å². The van der Waals surface area contributed by atoms with Crippen LogP contribution in [0.4, 0.5) is 0 Å². The molecule has 5 heteroatoms.